The summed E-state index contributed by atoms with van der Waals surface area (Å²) in [6.45, 7) is 1.78. The number of hydrogen-bond acceptors (Lipinski definition) is 4. The molecular formula is C16H14N2OS. The Hall–Kier alpha value is -2.12. The minimum Gasteiger partial charge on any atom is -0.292 e. The van der Waals surface area contributed by atoms with Crippen LogP contribution in [0.25, 0.3) is 0 Å². The third-order valence-electron chi connectivity index (χ3n) is 3.11. The van der Waals surface area contributed by atoms with Gasteiger partial charge in [-0.25, -0.2) is 0 Å². The van der Waals surface area contributed by atoms with E-state index in [2.05, 4.69) is 11.1 Å². The van der Waals surface area contributed by atoms with Gasteiger partial charge >= 0.3 is 0 Å². The summed E-state index contributed by atoms with van der Waals surface area (Å²) in [6.07, 6.45) is 3.58. The van der Waals surface area contributed by atoms with E-state index < -0.39 is 5.92 Å². The van der Waals surface area contributed by atoms with Crippen LogP contribution in [0.5, 0.6) is 0 Å². The van der Waals surface area contributed by atoms with Crippen molar-refractivity contribution in [3.05, 3.63) is 59.4 Å². The van der Waals surface area contributed by atoms with Crippen LogP contribution in [0.2, 0.25) is 0 Å². The molecule has 2 rings (SSSR count). The third-order valence-corrected chi connectivity index (χ3v) is 3.93. The highest BCUT2D eigenvalue weighted by molar-refractivity contribution is 7.98. The fraction of sp³-hybridized carbons (Fsp3) is 0.188. The Balaban J connectivity index is 2.46. The summed E-state index contributed by atoms with van der Waals surface area (Å²) in [5.74, 6) is -0.985. The van der Waals surface area contributed by atoms with Gasteiger partial charge in [0.25, 0.3) is 0 Å². The standard InChI is InChI=1S/C16H14N2OS/c1-11-12(7-5-9-18-11)16(19)14(10-17)13-6-3-4-8-15(13)20-2/h3-9,14H,1-2H3. The Morgan fingerprint density at radius 2 is 2.05 bits per heavy atom. The summed E-state index contributed by atoms with van der Waals surface area (Å²) >= 11 is 1.54. The first-order valence-corrected chi connectivity index (χ1v) is 7.40. The molecule has 0 amide bonds. The molecule has 0 bridgehead atoms. The Morgan fingerprint density at radius 3 is 2.70 bits per heavy atom. The maximum Gasteiger partial charge on any atom is 0.186 e. The van der Waals surface area contributed by atoms with E-state index in [4.69, 9.17) is 0 Å². The molecule has 1 heterocycles. The molecule has 100 valence electrons. The molecule has 4 heteroatoms. The first-order chi connectivity index (χ1) is 9.69. The Bertz CT molecular complexity index is 676. The second-order valence-electron chi connectivity index (χ2n) is 4.30. The normalized spacial score (nSPS) is 11.7. The number of carbonyl (C=O) groups is 1. The molecule has 0 saturated carbocycles. The van der Waals surface area contributed by atoms with Crippen LogP contribution in [-0.2, 0) is 0 Å². The maximum absolute atomic E-state index is 12.6. The van der Waals surface area contributed by atoms with Gasteiger partial charge in [-0.2, -0.15) is 5.26 Å². The molecule has 1 unspecified atom stereocenters. The van der Waals surface area contributed by atoms with Gasteiger partial charge in [0.05, 0.1) is 6.07 Å². The highest BCUT2D eigenvalue weighted by Gasteiger charge is 2.25. The number of nitrogens with zero attached hydrogens (tertiary/aromatic N) is 2. The van der Waals surface area contributed by atoms with Crippen LogP contribution >= 0.6 is 11.8 Å². The lowest BCUT2D eigenvalue weighted by Crippen LogP contribution is -2.14. The van der Waals surface area contributed by atoms with E-state index in [1.54, 1.807) is 25.3 Å². The van der Waals surface area contributed by atoms with Gasteiger partial charge in [0.15, 0.2) is 5.78 Å². The van der Waals surface area contributed by atoms with Gasteiger partial charge < -0.3 is 0 Å². The molecule has 0 radical (unpaired) electrons. The second-order valence-corrected chi connectivity index (χ2v) is 5.15. The first-order valence-electron chi connectivity index (χ1n) is 6.17. The van der Waals surface area contributed by atoms with Gasteiger partial charge in [0.1, 0.15) is 5.92 Å². The smallest absolute Gasteiger partial charge is 0.186 e. The van der Waals surface area contributed by atoms with E-state index in [0.29, 0.717) is 11.3 Å². The molecule has 0 aliphatic rings. The van der Waals surface area contributed by atoms with Crippen molar-refractivity contribution in [1.82, 2.24) is 4.98 Å². The number of thioether (sulfide) groups is 1. The van der Waals surface area contributed by atoms with Crippen molar-refractivity contribution in [1.29, 1.82) is 5.26 Å². The number of pyridine rings is 1. The van der Waals surface area contributed by atoms with Crippen LogP contribution in [0, 0.1) is 18.3 Å². The zero-order valence-electron chi connectivity index (χ0n) is 11.3. The molecule has 0 saturated heterocycles. The van der Waals surface area contributed by atoms with E-state index in [1.807, 2.05) is 30.5 Å². The van der Waals surface area contributed by atoms with Crippen molar-refractivity contribution in [3.63, 3.8) is 0 Å². The zero-order valence-corrected chi connectivity index (χ0v) is 12.1. The van der Waals surface area contributed by atoms with E-state index in [1.165, 1.54) is 11.8 Å². The zero-order chi connectivity index (χ0) is 14.5. The molecular weight excluding hydrogens is 268 g/mol. The highest BCUT2D eigenvalue weighted by Crippen LogP contribution is 2.29. The fourth-order valence-electron chi connectivity index (χ4n) is 2.07. The molecule has 0 aliphatic heterocycles. The Labute approximate surface area is 122 Å². The molecule has 2 aromatic rings. The summed E-state index contributed by atoms with van der Waals surface area (Å²) in [4.78, 5) is 17.7. The Kier molecular flexibility index (Phi) is 4.54. The summed E-state index contributed by atoms with van der Waals surface area (Å²) < 4.78 is 0. The van der Waals surface area contributed by atoms with Crippen molar-refractivity contribution < 1.29 is 4.79 Å². The van der Waals surface area contributed by atoms with Crippen LogP contribution in [0.3, 0.4) is 0 Å². The average Bonchev–Trinajstić information content (AvgIpc) is 2.49. The Morgan fingerprint density at radius 1 is 1.30 bits per heavy atom. The van der Waals surface area contributed by atoms with E-state index in [-0.39, 0.29) is 5.78 Å². The number of ketones is 1. The molecule has 0 aliphatic carbocycles. The van der Waals surface area contributed by atoms with Crippen LogP contribution in [0.4, 0.5) is 0 Å². The first kappa shape index (κ1) is 14.3. The summed E-state index contributed by atoms with van der Waals surface area (Å²) in [5.41, 5.74) is 1.92. The number of aryl methyl sites for hydroxylation is 1. The lowest BCUT2D eigenvalue weighted by atomic mass is 9.91. The summed E-state index contributed by atoms with van der Waals surface area (Å²) in [6, 6.07) is 13.1. The molecule has 3 nitrogen and oxygen atoms in total. The molecule has 0 spiro atoms. The second kappa shape index (κ2) is 6.36. The lowest BCUT2D eigenvalue weighted by molar-refractivity contribution is 0.0977. The predicted molar refractivity (Wildman–Crippen MR) is 79.9 cm³/mol. The van der Waals surface area contributed by atoms with Crippen LogP contribution in [0.1, 0.15) is 27.5 Å². The number of Topliss-reactive ketones (excluding diaryl/α,β-unsaturated/α-hetero) is 1. The van der Waals surface area contributed by atoms with Gasteiger partial charge in [-0.1, -0.05) is 18.2 Å². The number of benzene rings is 1. The molecule has 1 aromatic carbocycles. The minimum atomic E-state index is -0.790. The van der Waals surface area contributed by atoms with Crippen molar-refractivity contribution >= 4 is 17.5 Å². The van der Waals surface area contributed by atoms with E-state index in [0.717, 1.165) is 10.5 Å². The van der Waals surface area contributed by atoms with Crippen molar-refractivity contribution in [2.45, 2.75) is 17.7 Å². The number of rotatable bonds is 4. The topological polar surface area (TPSA) is 53.8 Å². The van der Waals surface area contributed by atoms with Crippen LogP contribution in [0.15, 0.2) is 47.5 Å². The number of nitriles is 1. The van der Waals surface area contributed by atoms with Gasteiger partial charge in [0, 0.05) is 22.3 Å². The number of hydrogen-bond donors (Lipinski definition) is 0. The summed E-state index contributed by atoms with van der Waals surface area (Å²) in [5, 5.41) is 9.42. The third kappa shape index (κ3) is 2.73. The lowest BCUT2D eigenvalue weighted by Gasteiger charge is -2.13. The number of carbonyl (C=O) groups excluding carboxylic acids is 1. The highest BCUT2D eigenvalue weighted by atomic mass is 32.2. The van der Waals surface area contributed by atoms with Crippen LogP contribution in [-0.4, -0.2) is 17.0 Å². The van der Waals surface area contributed by atoms with Crippen molar-refractivity contribution in [2.24, 2.45) is 0 Å². The molecule has 1 atom stereocenters. The van der Waals surface area contributed by atoms with Gasteiger partial charge in [-0.05, 0) is 36.9 Å². The predicted octanol–water partition coefficient (Wildman–Crippen LogP) is 3.60. The molecule has 20 heavy (non-hydrogen) atoms. The average molecular weight is 282 g/mol. The molecule has 0 fully saturated rings. The number of aromatic nitrogens is 1. The van der Waals surface area contributed by atoms with Gasteiger partial charge in [-0.15, -0.1) is 11.8 Å². The van der Waals surface area contributed by atoms with Gasteiger partial charge in [-0.3, -0.25) is 9.78 Å². The maximum atomic E-state index is 12.6. The van der Waals surface area contributed by atoms with E-state index >= 15 is 0 Å². The van der Waals surface area contributed by atoms with Crippen molar-refractivity contribution in [3.8, 4) is 6.07 Å². The van der Waals surface area contributed by atoms with E-state index in [9.17, 15) is 10.1 Å². The largest absolute Gasteiger partial charge is 0.292 e. The molecule has 0 N–H and O–H groups in total. The minimum absolute atomic E-state index is 0.195. The van der Waals surface area contributed by atoms with Crippen molar-refractivity contribution in [2.75, 3.05) is 6.26 Å². The monoisotopic (exact) mass is 282 g/mol. The fourth-order valence-corrected chi connectivity index (χ4v) is 2.71. The quantitative estimate of drug-likeness (QED) is 0.635. The van der Waals surface area contributed by atoms with Gasteiger partial charge in [0.2, 0.25) is 0 Å². The molecule has 1 aromatic heterocycles. The SMILES string of the molecule is CSc1ccccc1C(C#N)C(=O)c1cccnc1C. The van der Waals surface area contributed by atoms with Crippen LogP contribution < -0.4 is 0 Å². The summed E-state index contributed by atoms with van der Waals surface area (Å²) in [7, 11) is 0.